The number of anilines is 1. The summed E-state index contributed by atoms with van der Waals surface area (Å²) >= 11 is 6.77. The second-order valence-corrected chi connectivity index (χ2v) is 10.6. The molecule has 0 aliphatic carbocycles. The number of amides is 1. The minimum Gasteiger partial charge on any atom is -0.508 e. The van der Waals surface area contributed by atoms with Gasteiger partial charge in [-0.3, -0.25) is 14.7 Å². The maximum atomic E-state index is 16.6. The summed E-state index contributed by atoms with van der Waals surface area (Å²) in [5, 5.41) is 11.6. The number of carbonyl (C=O) groups excluding carboxylic acids is 1. The number of carbonyl (C=O) groups is 1. The van der Waals surface area contributed by atoms with Gasteiger partial charge in [-0.1, -0.05) is 24.2 Å². The molecule has 0 unspecified atom stereocenters. The fourth-order valence-corrected chi connectivity index (χ4v) is 5.73. The van der Waals surface area contributed by atoms with Crippen molar-refractivity contribution in [3.63, 3.8) is 0 Å². The van der Waals surface area contributed by atoms with Crippen molar-refractivity contribution >= 4 is 45.1 Å². The molecule has 12 heteroatoms. The molecule has 0 bridgehead atoms. The minimum absolute atomic E-state index is 0.0384. The highest BCUT2D eigenvalue weighted by Gasteiger charge is 2.27. The molecule has 10 nitrogen and oxygen atoms in total. The molecule has 0 spiro atoms. The van der Waals surface area contributed by atoms with Crippen LogP contribution in [0.15, 0.2) is 49.2 Å². The van der Waals surface area contributed by atoms with Gasteiger partial charge in [0.25, 0.3) is 0 Å². The highest BCUT2D eigenvalue weighted by atomic mass is 35.5. The van der Waals surface area contributed by atoms with E-state index >= 15 is 4.39 Å². The topological polar surface area (TPSA) is 104 Å². The third kappa shape index (κ3) is 5.55. The summed E-state index contributed by atoms with van der Waals surface area (Å²) in [6.45, 7) is 9.36. The number of hydrogen-bond acceptors (Lipinski definition) is 9. The Hall–Kier alpha value is -4.06. The third-order valence-corrected chi connectivity index (χ3v) is 7.91. The van der Waals surface area contributed by atoms with E-state index in [1.807, 2.05) is 4.90 Å². The number of fused-ring (bicyclic) bond motifs is 2. The predicted molar refractivity (Wildman–Crippen MR) is 159 cm³/mol. The maximum absolute atomic E-state index is 16.6. The number of morpholine rings is 1. The van der Waals surface area contributed by atoms with Crippen LogP contribution in [0.5, 0.6) is 11.8 Å². The summed E-state index contributed by atoms with van der Waals surface area (Å²) in [7, 11) is 0. The Balaban J connectivity index is 1.42. The smallest absolute Gasteiger partial charge is 0.319 e. The predicted octanol–water partition coefficient (Wildman–Crippen LogP) is 3.89. The second kappa shape index (κ2) is 12.0. The third-order valence-electron chi connectivity index (χ3n) is 7.61. The zero-order valence-electron chi connectivity index (χ0n) is 22.9. The number of benzene rings is 2. The number of hydrogen-bond donors (Lipinski definition) is 1. The number of halogens is 2. The molecule has 2 saturated heterocycles. The lowest BCUT2D eigenvalue weighted by Gasteiger charge is -2.35. The van der Waals surface area contributed by atoms with E-state index < -0.39 is 5.82 Å². The zero-order valence-corrected chi connectivity index (χ0v) is 23.7. The Morgan fingerprint density at radius 3 is 2.67 bits per heavy atom. The van der Waals surface area contributed by atoms with Crippen LogP contribution in [0.3, 0.4) is 0 Å². The fraction of sp³-hybridized carbons (Fsp3) is 0.333. The van der Waals surface area contributed by atoms with Crippen molar-refractivity contribution in [2.45, 2.75) is 0 Å². The molecular formula is C30H30ClFN6O4. The van der Waals surface area contributed by atoms with Gasteiger partial charge in [-0.05, 0) is 30.3 Å². The van der Waals surface area contributed by atoms with Crippen LogP contribution in [-0.4, -0.2) is 101 Å². The van der Waals surface area contributed by atoms with Crippen LogP contribution >= 0.6 is 11.6 Å². The molecule has 218 valence electrons. The van der Waals surface area contributed by atoms with E-state index in [9.17, 15) is 9.90 Å². The molecule has 2 fully saturated rings. The van der Waals surface area contributed by atoms with Crippen LogP contribution < -0.4 is 9.64 Å². The summed E-state index contributed by atoms with van der Waals surface area (Å²) in [6.07, 6.45) is 2.90. The Kier molecular flexibility index (Phi) is 8.05. The number of phenols is 1. The highest BCUT2D eigenvalue weighted by Crippen LogP contribution is 2.42. The number of ether oxygens (including phenoxy) is 2. The molecule has 6 rings (SSSR count). The van der Waals surface area contributed by atoms with Crippen molar-refractivity contribution in [3.05, 3.63) is 60.0 Å². The summed E-state index contributed by atoms with van der Waals surface area (Å²) < 4.78 is 28.0. The minimum atomic E-state index is -0.669. The van der Waals surface area contributed by atoms with Crippen molar-refractivity contribution in [2.24, 2.45) is 0 Å². The lowest BCUT2D eigenvalue weighted by molar-refractivity contribution is -0.126. The highest BCUT2D eigenvalue weighted by molar-refractivity contribution is 6.35. The van der Waals surface area contributed by atoms with Crippen molar-refractivity contribution in [1.82, 2.24) is 24.8 Å². The van der Waals surface area contributed by atoms with Gasteiger partial charge in [-0.15, -0.1) is 0 Å². The van der Waals surface area contributed by atoms with E-state index in [-0.39, 0.29) is 33.8 Å². The van der Waals surface area contributed by atoms with Crippen molar-refractivity contribution in [3.8, 4) is 22.9 Å². The first-order chi connectivity index (χ1) is 20.4. The van der Waals surface area contributed by atoms with Crippen LogP contribution in [0.25, 0.3) is 32.9 Å². The first-order valence-corrected chi connectivity index (χ1v) is 14.2. The number of piperazine rings is 1. The molecular weight excluding hydrogens is 563 g/mol. The number of pyridine rings is 1. The van der Waals surface area contributed by atoms with Gasteiger partial charge in [0.2, 0.25) is 5.91 Å². The maximum Gasteiger partial charge on any atom is 0.319 e. The first-order valence-electron chi connectivity index (χ1n) is 13.8. The molecule has 4 heterocycles. The normalized spacial score (nSPS) is 16.2. The van der Waals surface area contributed by atoms with E-state index in [0.717, 1.165) is 13.1 Å². The van der Waals surface area contributed by atoms with Crippen molar-refractivity contribution in [2.75, 3.05) is 70.5 Å². The molecule has 2 aliphatic rings. The number of aromatic nitrogens is 3. The lowest BCUT2D eigenvalue weighted by atomic mass is 9.99. The average Bonchev–Trinajstić information content (AvgIpc) is 3.01. The molecule has 1 amide bonds. The summed E-state index contributed by atoms with van der Waals surface area (Å²) in [6, 6.07) is 8.23. The van der Waals surface area contributed by atoms with Gasteiger partial charge in [0.1, 0.15) is 23.7 Å². The van der Waals surface area contributed by atoms with Gasteiger partial charge in [0, 0.05) is 73.9 Å². The number of nitrogens with zero attached hydrogens (tertiary/aromatic N) is 6. The standard InChI is InChI=1S/C30H30ClFN6O4/c1-2-24(40)37-6-8-38(9-7-37)29-22-18-23(31)25(21-17-20(39)16-19-4-3-5-33-27(19)21)26(32)28(22)34-30(35-29)42-15-12-36-10-13-41-14-11-36/h2-5,16-18,39H,1,6-15H2. The molecule has 2 aliphatic heterocycles. The monoisotopic (exact) mass is 592 g/mol. The summed E-state index contributed by atoms with van der Waals surface area (Å²) in [4.78, 5) is 31.7. The number of rotatable bonds is 7. The van der Waals surface area contributed by atoms with Crippen LogP contribution in [0.1, 0.15) is 0 Å². The van der Waals surface area contributed by atoms with Gasteiger partial charge < -0.3 is 24.4 Å². The molecule has 2 aromatic heterocycles. The summed E-state index contributed by atoms with van der Waals surface area (Å²) in [5.74, 6) is -0.376. The van der Waals surface area contributed by atoms with E-state index in [4.69, 9.17) is 26.1 Å². The molecule has 4 aromatic rings. The molecule has 42 heavy (non-hydrogen) atoms. The fourth-order valence-electron chi connectivity index (χ4n) is 5.44. The average molecular weight is 593 g/mol. The molecule has 0 radical (unpaired) electrons. The van der Waals surface area contributed by atoms with Gasteiger partial charge in [0.05, 0.1) is 23.8 Å². The quantitative estimate of drug-likeness (QED) is 0.320. The van der Waals surface area contributed by atoms with Crippen LogP contribution in [0.2, 0.25) is 5.02 Å². The van der Waals surface area contributed by atoms with Crippen LogP contribution in [-0.2, 0) is 9.53 Å². The van der Waals surface area contributed by atoms with E-state index in [1.54, 1.807) is 35.4 Å². The Bertz CT molecular complexity index is 1660. The van der Waals surface area contributed by atoms with Gasteiger partial charge in [-0.2, -0.15) is 9.97 Å². The Labute approximate surface area is 246 Å². The molecule has 2 aromatic carbocycles. The molecule has 0 saturated carbocycles. The van der Waals surface area contributed by atoms with E-state index in [2.05, 4.69) is 21.4 Å². The number of aromatic hydroxyl groups is 1. The van der Waals surface area contributed by atoms with Crippen LogP contribution in [0.4, 0.5) is 10.2 Å². The largest absolute Gasteiger partial charge is 0.508 e. The van der Waals surface area contributed by atoms with E-state index in [0.29, 0.717) is 80.2 Å². The lowest BCUT2D eigenvalue weighted by Crippen LogP contribution is -2.48. The zero-order chi connectivity index (χ0) is 29.2. The van der Waals surface area contributed by atoms with E-state index in [1.165, 1.54) is 12.1 Å². The van der Waals surface area contributed by atoms with Gasteiger partial charge >= 0.3 is 6.01 Å². The van der Waals surface area contributed by atoms with Gasteiger partial charge in [-0.25, -0.2) is 4.39 Å². The first kappa shape index (κ1) is 28.1. The van der Waals surface area contributed by atoms with Crippen molar-refractivity contribution in [1.29, 1.82) is 0 Å². The molecule has 0 atom stereocenters. The molecule has 1 N–H and O–H groups in total. The Morgan fingerprint density at radius 1 is 1.12 bits per heavy atom. The second-order valence-electron chi connectivity index (χ2n) is 10.2. The van der Waals surface area contributed by atoms with Crippen molar-refractivity contribution < 1.29 is 23.8 Å². The Morgan fingerprint density at radius 2 is 1.90 bits per heavy atom. The number of phenolic OH excluding ortho intramolecular Hbond substituents is 1. The van der Waals surface area contributed by atoms with Gasteiger partial charge in [0.15, 0.2) is 5.82 Å². The van der Waals surface area contributed by atoms with Crippen LogP contribution in [0, 0.1) is 5.82 Å². The summed E-state index contributed by atoms with van der Waals surface area (Å²) in [5.41, 5.74) is 0.961. The SMILES string of the molecule is C=CC(=O)N1CCN(c2nc(OCCN3CCOCC3)nc3c(F)c(-c4cc(O)cc5cccnc45)c(Cl)cc23)CC1.